The van der Waals surface area contributed by atoms with E-state index in [1.165, 1.54) is 6.92 Å². The van der Waals surface area contributed by atoms with Gasteiger partial charge in [0.05, 0.1) is 0 Å². The quantitative estimate of drug-likeness (QED) is 0.580. The van der Waals surface area contributed by atoms with Crippen LogP contribution in [-0.4, -0.2) is 17.4 Å². The molecular formula is C14H16O3. The maximum Gasteiger partial charge on any atom is 0.324 e. The first kappa shape index (κ1) is 11.8. The monoisotopic (exact) mass is 232 g/mol. The smallest absolute Gasteiger partial charge is 0.324 e. The fourth-order valence-electron chi connectivity index (χ4n) is 2.50. The van der Waals surface area contributed by atoms with Crippen LogP contribution < -0.4 is 0 Å². The normalized spacial score (nSPS) is 26.6. The number of carbonyl (C=O) groups excluding carboxylic acids is 2. The lowest BCUT2D eigenvalue weighted by Gasteiger charge is -2.23. The lowest BCUT2D eigenvalue weighted by Crippen LogP contribution is -2.39. The van der Waals surface area contributed by atoms with Gasteiger partial charge in [0, 0.05) is 6.42 Å². The van der Waals surface area contributed by atoms with Crippen molar-refractivity contribution in [2.75, 3.05) is 0 Å². The molecule has 1 aromatic carbocycles. The second kappa shape index (κ2) is 3.69. The van der Waals surface area contributed by atoms with Gasteiger partial charge in [-0.2, -0.15) is 0 Å². The number of hydrogen-bond acceptors (Lipinski definition) is 3. The molecule has 1 aromatic rings. The van der Waals surface area contributed by atoms with Crippen LogP contribution in [0.25, 0.3) is 0 Å². The highest BCUT2D eigenvalue weighted by Crippen LogP contribution is 2.43. The van der Waals surface area contributed by atoms with Gasteiger partial charge in [-0.15, -0.1) is 0 Å². The van der Waals surface area contributed by atoms with Crippen LogP contribution in [-0.2, 0) is 19.7 Å². The van der Waals surface area contributed by atoms with Crippen LogP contribution in [0.1, 0.15) is 32.8 Å². The number of esters is 1. The molecule has 3 nitrogen and oxygen atoms in total. The first-order valence-corrected chi connectivity index (χ1v) is 5.68. The molecule has 0 amide bonds. The van der Waals surface area contributed by atoms with Gasteiger partial charge in [-0.05, 0) is 26.3 Å². The molecule has 0 radical (unpaired) electrons. The highest BCUT2D eigenvalue weighted by Gasteiger charge is 2.56. The summed E-state index contributed by atoms with van der Waals surface area (Å²) in [6, 6.07) is 9.15. The number of ketones is 1. The van der Waals surface area contributed by atoms with Gasteiger partial charge in [0.1, 0.15) is 5.60 Å². The van der Waals surface area contributed by atoms with E-state index in [0.717, 1.165) is 5.56 Å². The Morgan fingerprint density at radius 1 is 1.24 bits per heavy atom. The molecule has 1 heterocycles. The summed E-state index contributed by atoms with van der Waals surface area (Å²) in [6.07, 6.45) is 0.401. The lowest BCUT2D eigenvalue weighted by molar-refractivity contribution is -0.151. The van der Waals surface area contributed by atoms with Crippen molar-refractivity contribution in [3.8, 4) is 0 Å². The first-order chi connectivity index (χ1) is 7.88. The van der Waals surface area contributed by atoms with Crippen molar-refractivity contribution >= 4 is 11.8 Å². The number of cyclic esters (lactones) is 1. The summed E-state index contributed by atoms with van der Waals surface area (Å²) in [7, 11) is 0. The molecule has 0 saturated carbocycles. The molecule has 1 fully saturated rings. The molecule has 90 valence electrons. The lowest BCUT2D eigenvalue weighted by atomic mass is 9.73. The number of Topliss-reactive ketones (excluding diaryl/α,β-unsaturated/α-hetero) is 1. The van der Waals surface area contributed by atoms with Crippen LogP contribution >= 0.6 is 0 Å². The second-order valence-electron chi connectivity index (χ2n) is 5.15. The number of carbonyl (C=O) groups is 2. The zero-order chi connectivity index (χ0) is 12.7. The SMILES string of the molecule is CC(=O)[C@@]1(c2ccccc2)CC(C)(C)OC1=O. The fourth-order valence-corrected chi connectivity index (χ4v) is 2.50. The van der Waals surface area contributed by atoms with E-state index in [2.05, 4.69) is 0 Å². The molecule has 1 aliphatic rings. The molecule has 0 unspecified atom stereocenters. The Labute approximate surface area is 101 Å². The molecule has 0 bridgehead atoms. The number of hydrogen-bond donors (Lipinski definition) is 0. The van der Waals surface area contributed by atoms with E-state index in [1.807, 2.05) is 44.2 Å². The van der Waals surface area contributed by atoms with Gasteiger partial charge in [0.25, 0.3) is 0 Å². The minimum atomic E-state index is -1.12. The van der Waals surface area contributed by atoms with E-state index in [1.54, 1.807) is 0 Å². The third-order valence-corrected chi connectivity index (χ3v) is 3.28. The third-order valence-electron chi connectivity index (χ3n) is 3.28. The summed E-state index contributed by atoms with van der Waals surface area (Å²) in [4.78, 5) is 24.1. The van der Waals surface area contributed by atoms with E-state index in [-0.39, 0.29) is 5.78 Å². The van der Waals surface area contributed by atoms with Crippen molar-refractivity contribution in [3.05, 3.63) is 35.9 Å². The Bertz CT molecular complexity index is 462. The summed E-state index contributed by atoms with van der Waals surface area (Å²) in [5, 5.41) is 0. The van der Waals surface area contributed by atoms with Crippen molar-refractivity contribution < 1.29 is 14.3 Å². The Balaban J connectivity index is 2.57. The van der Waals surface area contributed by atoms with Crippen LogP contribution in [0.3, 0.4) is 0 Å². The maximum absolute atomic E-state index is 12.1. The summed E-state index contributed by atoms with van der Waals surface area (Å²) < 4.78 is 5.32. The maximum atomic E-state index is 12.1. The predicted octanol–water partition coefficient (Wildman–Crippen LogP) is 2.24. The van der Waals surface area contributed by atoms with Crippen LogP contribution in [0.2, 0.25) is 0 Å². The first-order valence-electron chi connectivity index (χ1n) is 5.68. The van der Waals surface area contributed by atoms with Crippen molar-refractivity contribution in [3.63, 3.8) is 0 Å². The van der Waals surface area contributed by atoms with Crippen LogP contribution in [0, 0.1) is 0 Å². The van der Waals surface area contributed by atoms with E-state index in [9.17, 15) is 9.59 Å². The zero-order valence-corrected chi connectivity index (χ0v) is 10.3. The molecule has 0 aromatic heterocycles. The van der Waals surface area contributed by atoms with Crippen molar-refractivity contribution in [2.45, 2.75) is 38.2 Å². The molecule has 1 aliphatic heterocycles. The van der Waals surface area contributed by atoms with Crippen molar-refractivity contribution in [1.29, 1.82) is 0 Å². The largest absolute Gasteiger partial charge is 0.459 e. The minimum absolute atomic E-state index is 0.153. The van der Waals surface area contributed by atoms with Gasteiger partial charge >= 0.3 is 5.97 Å². The molecule has 17 heavy (non-hydrogen) atoms. The number of benzene rings is 1. The van der Waals surface area contributed by atoms with Crippen LogP contribution in [0.4, 0.5) is 0 Å². The summed E-state index contributed by atoms with van der Waals surface area (Å²) in [5.74, 6) is -0.583. The molecule has 1 atom stereocenters. The van der Waals surface area contributed by atoms with Gasteiger partial charge in [0.15, 0.2) is 11.2 Å². The average Bonchev–Trinajstić information content (AvgIpc) is 2.50. The fraction of sp³-hybridized carbons (Fsp3) is 0.429. The average molecular weight is 232 g/mol. The van der Waals surface area contributed by atoms with E-state index in [0.29, 0.717) is 6.42 Å². The molecule has 3 heteroatoms. The topological polar surface area (TPSA) is 43.4 Å². The van der Waals surface area contributed by atoms with E-state index < -0.39 is 17.0 Å². The molecule has 0 spiro atoms. The summed E-state index contributed by atoms with van der Waals surface area (Å²) in [5.41, 5.74) is -0.980. The summed E-state index contributed by atoms with van der Waals surface area (Å²) >= 11 is 0. The Morgan fingerprint density at radius 3 is 2.24 bits per heavy atom. The highest BCUT2D eigenvalue weighted by atomic mass is 16.6. The van der Waals surface area contributed by atoms with Gasteiger partial charge < -0.3 is 4.74 Å². The predicted molar refractivity (Wildman–Crippen MR) is 63.6 cm³/mol. The zero-order valence-electron chi connectivity index (χ0n) is 10.3. The Hall–Kier alpha value is -1.64. The minimum Gasteiger partial charge on any atom is -0.459 e. The number of rotatable bonds is 2. The molecule has 0 aliphatic carbocycles. The standard InChI is InChI=1S/C14H16O3/c1-10(15)14(11-7-5-4-6-8-11)9-13(2,3)17-12(14)16/h4-8H,9H2,1-3H3/t14-/m1/s1. The van der Waals surface area contributed by atoms with E-state index in [4.69, 9.17) is 4.74 Å². The molecule has 1 saturated heterocycles. The molecular weight excluding hydrogens is 216 g/mol. The Morgan fingerprint density at radius 2 is 1.82 bits per heavy atom. The van der Waals surface area contributed by atoms with Crippen LogP contribution in [0.5, 0.6) is 0 Å². The van der Waals surface area contributed by atoms with Crippen LogP contribution in [0.15, 0.2) is 30.3 Å². The Kier molecular flexibility index (Phi) is 2.57. The number of ether oxygens (including phenoxy) is 1. The van der Waals surface area contributed by atoms with E-state index >= 15 is 0 Å². The van der Waals surface area contributed by atoms with Crippen molar-refractivity contribution in [2.24, 2.45) is 0 Å². The van der Waals surface area contributed by atoms with Gasteiger partial charge in [0.2, 0.25) is 0 Å². The van der Waals surface area contributed by atoms with Gasteiger partial charge in [-0.1, -0.05) is 30.3 Å². The second-order valence-corrected chi connectivity index (χ2v) is 5.15. The highest BCUT2D eigenvalue weighted by molar-refractivity contribution is 6.10. The summed E-state index contributed by atoms with van der Waals surface area (Å²) in [6.45, 7) is 5.12. The van der Waals surface area contributed by atoms with Crippen molar-refractivity contribution in [1.82, 2.24) is 0 Å². The third kappa shape index (κ3) is 1.75. The molecule has 0 N–H and O–H groups in total. The van der Waals surface area contributed by atoms with Gasteiger partial charge in [-0.3, -0.25) is 9.59 Å². The molecule has 2 rings (SSSR count). The van der Waals surface area contributed by atoms with Gasteiger partial charge in [-0.25, -0.2) is 0 Å².